The Morgan fingerprint density at radius 2 is 1.84 bits per heavy atom. The Morgan fingerprint density at radius 1 is 1.05 bits per heavy atom. The smallest absolute Gasteiger partial charge is 0.257 e. The summed E-state index contributed by atoms with van der Waals surface area (Å²) < 4.78 is 43.5. The summed E-state index contributed by atoms with van der Waals surface area (Å²) in [5.41, 5.74) is 7.11. The highest BCUT2D eigenvalue weighted by molar-refractivity contribution is 6.12. The van der Waals surface area contributed by atoms with Crippen molar-refractivity contribution in [2.24, 2.45) is 11.7 Å². The fourth-order valence-corrected chi connectivity index (χ4v) is 5.18. The Bertz CT molecular complexity index is 1470. The van der Waals surface area contributed by atoms with Crippen molar-refractivity contribution in [3.8, 4) is 16.9 Å². The third-order valence-corrected chi connectivity index (χ3v) is 7.02. The number of amides is 1. The van der Waals surface area contributed by atoms with E-state index in [2.05, 4.69) is 15.3 Å². The van der Waals surface area contributed by atoms with Gasteiger partial charge in [0, 0.05) is 35.5 Å². The molecule has 4 N–H and O–H groups in total. The van der Waals surface area contributed by atoms with Gasteiger partial charge in [0.1, 0.15) is 23.2 Å². The van der Waals surface area contributed by atoms with Gasteiger partial charge in [-0.05, 0) is 67.5 Å². The number of aromatic nitrogens is 2. The number of phenolic OH excluding ortho intramolecular Hbond substituents is 1. The lowest BCUT2D eigenvalue weighted by Gasteiger charge is -2.29. The van der Waals surface area contributed by atoms with E-state index in [4.69, 9.17) is 5.73 Å². The van der Waals surface area contributed by atoms with Crippen molar-refractivity contribution in [2.45, 2.75) is 31.6 Å². The van der Waals surface area contributed by atoms with Gasteiger partial charge >= 0.3 is 0 Å². The molecule has 0 radical (unpaired) electrons. The highest BCUT2D eigenvalue weighted by atomic mass is 19.1. The molecule has 2 heterocycles. The van der Waals surface area contributed by atoms with Crippen LogP contribution < -0.4 is 11.1 Å². The molecule has 1 saturated carbocycles. The number of pyridine rings is 2. The third kappa shape index (κ3) is 4.86. The molecule has 37 heavy (non-hydrogen) atoms. The Morgan fingerprint density at radius 3 is 2.59 bits per heavy atom. The maximum absolute atomic E-state index is 14.8. The van der Waals surface area contributed by atoms with Gasteiger partial charge in [-0.15, -0.1) is 0 Å². The third-order valence-electron chi connectivity index (χ3n) is 7.02. The summed E-state index contributed by atoms with van der Waals surface area (Å²) in [6.45, 7) is 0.621. The molecule has 5 rings (SSSR count). The van der Waals surface area contributed by atoms with Crippen molar-refractivity contribution in [2.75, 3.05) is 11.9 Å². The average molecular weight is 507 g/mol. The molecule has 190 valence electrons. The van der Waals surface area contributed by atoms with Gasteiger partial charge in [0.15, 0.2) is 0 Å². The van der Waals surface area contributed by atoms with Gasteiger partial charge in [-0.1, -0.05) is 6.42 Å². The molecule has 0 bridgehead atoms. The molecule has 9 heteroatoms. The summed E-state index contributed by atoms with van der Waals surface area (Å²) in [5.74, 6) is -3.14. The summed E-state index contributed by atoms with van der Waals surface area (Å²) in [4.78, 5) is 21.7. The van der Waals surface area contributed by atoms with Crippen LogP contribution in [-0.2, 0) is 0 Å². The molecule has 1 aliphatic rings. The van der Waals surface area contributed by atoms with Gasteiger partial charge in [-0.3, -0.25) is 14.8 Å². The summed E-state index contributed by atoms with van der Waals surface area (Å²) in [5, 5.41) is 12.2. The molecule has 1 fully saturated rings. The minimum absolute atomic E-state index is 0.0275. The number of phenols is 1. The van der Waals surface area contributed by atoms with Crippen LogP contribution >= 0.6 is 0 Å². The van der Waals surface area contributed by atoms with Crippen LogP contribution in [0.3, 0.4) is 0 Å². The van der Waals surface area contributed by atoms with E-state index in [1.807, 2.05) is 6.07 Å². The van der Waals surface area contributed by atoms with Crippen LogP contribution in [0.4, 0.5) is 18.9 Å². The first-order chi connectivity index (χ1) is 17.9. The quantitative estimate of drug-likeness (QED) is 0.313. The molecule has 2 atom stereocenters. The first kappa shape index (κ1) is 24.7. The summed E-state index contributed by atoms with van der Waals surface area (Å²) in [7, 11) is 0. The molecule has 0 aliphatic heterocycles. The zero-order valence-corrected chi connectivity index (χ0v) is 19.8. The van der Waals surface area contributed by atoms with E-state index in [1.165, 1.54) is 18.3 Å². The number of hydrogen-bond acceptors (Lipinski definition) is 5. The standard InChI is InChI=1S/C28H25F3N4O2/c29-22-5-4-20(27-21(22)9-17(13-34-27)26-23(30)10-18(36)11-24(26)31)28(37)35-25-14-33-7-6-19(25)16-3-1-2-15(8-16)12-32/h4-7,9-11,13-16,36H,1-3,8,12,32H2,(H,35,37)/t15-,16+/m0/s1. The van der Waals surface area contributed by atoms with Gasteiger partial charge in [0.05, 0.1) is 28.5 Å². The monoisotopic (exact) mass is 506 g/mol. The van der Waals surface area contributed by atoms with Crippen molar-refractivity contribution in [3.63, 3.8) is 0 Å². The maximum Gasteiger partial charge on any atom is 0.257 e. The van der Waals surface area contributed by atoms with Crippen LogP contribution in [0.2, 0.25) is 0 Å². The topological polar surface area (TPSA) is 101 Å². The van der Waals surface area contributed by atoms with Gasteiger partial charge in [0.2, 0.25) is 0 Å². The number of fused-ring (bicyclic) bond motifs is 1. The fourth-order valence-electron chi connectivity index (χ4n) is 5.18. The Kier molecular flexibility index (Phi) is 6.80. The van der Waals surface area contributed by atoms with Crippen molar-refractivity contribution >= 4 is 22.5 Å². The lowest BCUT2D eigenvalue weighted by Crippen LogP contribution is -2.23. The number of halogens is 3. The highest BCUT2D eigenvalue weighted by Gasteiger charge is 2.25. The molecule has 6 nitrogen and oxygen atoms in total. The SMILES string of the molecule is NC[C@H]1CCC[C@@H](c2ccncc2NC(=O)c2ccc(F)c3cc(-c4c(F)cc(O)cc4F)cnc23)C1. The molecule has 4 aromatic rings. The largest absolute Gasteiger partial charge is 0.508 e. The van der Waals surface area contributed by atoms with E-state index in [-0.39, 0.29) is 27.9 Å². The molecule has 0 spiro atoms. The summed E-state index contributed by atoms with van der Waals surface area (Å²) in [6.07, 6.45) is 8.50. The zero-order valence-electron chi connectivity index (χ0n) is 19.8. The van der Waals surface area contributed by atoms with E-state index in [0.717, 1.165) is 49.4 Å². The number of benzene rings is 2. The van der Waals surface area contributed by atoms with Gasteiger partial charge in [0.25, 0.3) is 5.91 Å². The molecule has 1 aliphatic carbocycles. The van der Waals surface area contributed by atoms with Crippen LogP contribution in [0, 0.1) is 23.4 Å². The number of carbonyl (C=O) groups is 1. The van der Waals surface area contributed by atoms with Crippen molar-refractivity contribution in [1.82, 2.24) is 9.97 Å². The molecule has 1 amide bonds. The molecule has 0 unspecified atom stereocenters. The molecule has 2 aromatic carbocycles. The van der Waals surface area contributed by atoms with Crippen molar-refractivity contribution < 1.29 is 23.1 Å². The van der Waals surface area contributed by atoms with Crippen LogP contribution in [0.1, 0.15) is 47.5 Å². The summed E-state index contributed by atoms with van der Waals surface area (Å²) in [6, 6.07) is 7.09. The number of hydrogen-bond donors (Lipinski definition) is 3. The first-order valence-electron chi connectivity index (χ1n) is 12.1. The second kappa shape index (κ2) is 10.2. The first-order valence-corrected chi connectivity index (χ1v) is 12.1. The van der Waals surface area contributed by atoms with Gasteiger partial charge < -0.3 is 16.2 Å². The molecular formula is C28H25F3N4O2. The lowest BCUT2D eigenvalue weighted by atomic mass is 9.78. The van der Waals surface area contributed by atoms with Gasteiger partial charge in [-0.25, -0.2) is 13.2 Å². The van der Waals surface area contributed by atoms with Crippen LogP contribution in [-0.4, -0.2) is 27.5 Å². The minimum atomic E-state index is -1.02. The Hall–Kier alpha value is -3.98. The van der Waals surface area contributed by atoms with Crippen LogP contribution in [0.25, 0.3) is 22.0 Å². The molecule has 0 saturated heterocycles. The summed E-state index contributed by atoms with van der Waals surface area (Å²) >= 11 is 0. The number of nitrogens with two attached hydrogens (primary N) is 1. The number of anilines is 1. The van der Waals surface area contributed by atoms with Crippen LogP contribution in [0.5, 0.6) is 5.75 Å². The van der Waals surface area contributed by atoms with Crippen LogP contribution in [0.15, 0.2) is 55.0 Å². The Labute approximate surface area is 211 Å². The van der Waals surface area contributed by atoms with E-state index < -0.39 is 34.7 Å². The minimum Gasteiger partial charge on any atom is -0.508 e. The van der Waals surface area contributed by atoms with E-state index in [9.17, 15) is 23.1 Å². The Balaban J connectivity index is 1.49. The number of nitrogens with zero attached hydrogens (tertiary/aromatic N) is 2. The van der Waals surface area contributed by atoms with E-state index in [1.54, 1.807) is 12.4 Å². The van der Waals surface area contributed by atoms with Gasteiger partial charge in [-0.2, -0.15) is 0 Å². The van der Waals surface area contributed by atoms with Crippen molar-refractivity contribution in [1.29, 1.82) is 0 Å². The normalized spacial score (nSPS) is 17.6. The highest BCUT2D eigenvalue weighted by Crippen LogP contribution is 2.39. The predicted molar refractivity (Wildman–Crippen MR) is 135 cm³/mol. The van der Waals surface area contributed by atoms with E-state index in [0.29, 0.717) is 18.2 Å². The number of carbonyl (C=O) groups excluding carboxylic acids is 1. The van der Waals surface area contributed by atoms with Crippen molar-refractivity contribution in [3.05, 3.63) is 83.6 Å². The predicted octanol–water partition coefficient (Wildman–Crippen LogP) is 5.90. The molecule has 2 aromatic heterocycles. The zero-order chi connectivity index (χ0) is 26.1. The average Bonchev–Trinajstić information content (AvgIpc) is 2.89. The lowest BCUT2D eigenvalue weighted by molar-refractivity contribution is 0.102. The maximum atomic E-state index is 14.8. The fraction of sp³-hybridized carbons (Fsp3) is 0.250. The van der Waals surface area contributed by atoms with E-state index >= 15 is 0 Å². The number of aromatic hydroxyl groups is 1. The number of nitrogens with one attached hydrogen (secondary N) is 1. The molecular weight excluding hydrogens is 481 g/mol. The second-order valence-electron chi connectivity index (χ2n) is 9.38. The number of rotatable bonds is 5. The second-order valence-corrected chi connectivity index (χ2v) is 9.38.